The van der Waals surface area contributed by atoms with Crippen molar-refractivity contribution in [1.82, 2.24) is 9.78 Å². The fourth-order valence-corrected chi connectivity index (χ4v) is 2.15. The Balaban J connectivity index is 2.43. The first-order chi connectivity index (χ1) is 11.4. The van der Waals surface area contributed by atoms with Crippen LogP contribution in [-0.2, 0) is 11.8 Å². The molecule has 1 amide bonds. The maximum atomic E-state index is 12.4. The number of nitrogens with zero attached hydrogens (tertiary/aromatic N) is 2. The summed E-state index contributed by atoms with van der Waals surface area (Å²) < 4.78 is 16.8. The van der Waals surface area contributed by atoms with Crippen LogP contribution < -0.4 is 14.8 Å². The maximum Gasteiger partial charge on any atom is 0.338 e. The largest absolute Gasteiger partial charge is 0.493 e. The van der Waals surface area contributed by atoms with Gasteiger partial charge in [-0.15, -0.1) is 0 Å². The summed E-state index contributed by atoms with van der Waals surface area (Å²) in [6.07, 6.45) is 0. The highest BCUT2D eigenvalue weighted by atomic mass is 16.5. The Hall–Kier alpha value is -3.03. The van der Waals surface area contributed by atoms with Crippen molar-refractivity contribution in [3.05, 3.63) is 35.2 Å². The Morgan fingerprint density at radius 3 is 2.33 bits per heavy atom. The number of aryl methyl sites for hydroxylation is 2. The Labute approximate surface area is 139 Å². The van der Waals surface area contributed by atoms with Gasteiger partial charge in [0.15, 0.2) is 17.2 Å². The van der Waals surface area contributed by atoms with Crippen molar-refractivity contribution in [3.63, 3.8) is 0 Å². The van der Waals surface area contributed by atoms with E-state index in [0.29, 0.717) is 11.5 Å². The number of carbonyl (C=O) groups is 2. The quantitative estimate of drug-likeness (QED) is 0.839. The van der Waals surface area contributed by atoms with E-state index in [2.05, 4.69) is 10.4 Å². The second kappa shape index (κ2) is 7.03. The van der Waals surface area contributed by atoms with E-state index in [9.17, 15) is 9.59 Å². The van der Waals surface area contributed by atoms with Crippen molar-refractivity contribution < 1.29 is 23.8 Å². The molecule has 8 heteroatoms. The molecule has 0 spiro atoms. The molecule has 1 heterocycles. The van der Waals surface area contributed by atoms with E-state index in [4.69, 9.17) is 14.2 Å². The molecule has 1 N–H and O–H groups in total. The van der Waals surface area contributed by atoms with Crippen LogP contribution in [-0.4, -0.2) is 43.0 Å². The Kier molecular flexibility index (Phi) is 5.08. The molecule has 0 radical (unpaired) electrons. The van der Waals surface area contributed by atoms with Crippen LogP contribution in [0.5, 0.6) is 11.5 Å². The van der Waals surface area contributed by atoms with Crippen molar-refractivity contribution in [1.29, 1.82) is 0 Å². The summed E-state index contributed by atoms with van der Waals surface area (Å²) >= 11 is 0. The third-order valence-corrected chi connectivity index (χ3v) is 3.49. The molecule has 0 aliphatic rings. The Bertz CT molecular complexity index is 763. The molecule has 1 aromatic heterocycles. The SMILES string of the molecule is COC(=O)c1cc(NC(=O)c2cc(C)n(C)n2)c(OC)c(OC)c1. The van der Waals surface area contributed by atoms with Gasteiger partial charge in [0.25, 0.3) is 5.91 Å². The van der Waals surface area contributed by atoms with Crippen LogP contribution >= 0.6 is 0 Å². The summed E-state index contributed by atoms with van der Waals surface area (Å²) in [4.78, 5) is 24.2. The van der Waals surface area contributed by atoms with Crippen molar-refractivity contribution in [2.45, 2.75) is 6.92 Å². The number of aromatic nitrogens is 2. The first kappa shape index (κ1) is 17.3. The van der Waals surface area contributed by atoms with Crippen LogP contribution in [0.15, 0.2) is 18.2 Å². The van der Waals surface area contributed by atoms with Gasteiger partial charge in [0.2, 0.25) is 0 Å². The highest BCUT2D eigenvalue weighted by Gasteiger charge is 2.20. The van der Waals surface area contributed by atoms with Crippen molar-refractivity contribution in [2.24, 2.45) is 7.05 Å². The van der Waals surface area contributed by atoms with Crippen molar-refractivity contribution >= 4 is 17.6 Å². The smallest absolute Gasteiger partial charge is 0.338 e. The standard InChI is InChI=1S/C16H19N3O5/c1-9-6-12(18-19(9)2)15(20)17-11-7-10(16(21)24-5)8-13(22-3)14(11)23-4/h6-8H,1-5H3,(H,17,20). The molecule has 1 aromatic carbocycles. The minimum absolute atomic E-state index is 0.225. The third kappa shape index (κ3) is 3.32. The third-order valence-electron chi connectivity index (χ3n) is 3.49. The summed E-state index contributed by atoms with van der Waals surface area (Å²) in [7, 11) is 5.89. The summed E-state index contributed by atoms with van der Waals surface area (Å²) in [5.41, 5.74) is 1.60. The first-order valence-corrected chi connectivity index (χ1v) is 7.07. The molecular formula is C16H19N3O5. The normalized spacial score (nSPS) is 10.2. The molecule has 8 nitrogen and oxygen atoms in total. The average molecular weight is 333 g/mol. The second-order valence-corrected chi connectivity index (χ2v) is 5.00. The number of methoxy groups -OCH3 is 3. The van der Waals surface area contributed by atoms with E-state index in [1.807, 2.05) is 6.92 Å². The van der Waals surface area contributed by atoms with Gasteiger partial charge in [-0.25, -0.2) is 4.79 Å². The lowest BCUT2D eigenvalue weighted by Gasteiger charge is -2.14. The number of rotatable bonds is 5. The number of ether oxygens (including phenoxy) is 3. The maximum absolute atomic E-state index is 12.4. The predicted octanol–water partition coefficient (Wildman–Crippen LogP) is 1.78. The fraction of sp³-hybridized carbons (Fsp3) is 0.312. The number of nitrogens with one attached hydrogen (secondary N) is 1. The highest BCUT2D eigenvalue weighted by molar-refractivity contribution is 6.05. The number of carbonyl (C=O) groups excluding carboxylic acids is 2. The zero-order valence-corrected chi connectivity index (χ0v) is 14.2. The van der Waals surface area contributed by atoms with Crippen LogP contribution in [0.1, 0.15) is 26.5 Å². The van der Waals surface area contributed by atoms with Crippen molar-refractivity contribution in [2.75, 3.05) is 26.6 Å². The number of amides is 1. The molecule has 2 rings (SSSR count). The minimum atomic E-state index is -0.555. The van der Waals surface area contributed by atoms with Crippen LogP contribution in [0.3, 0.4) is 0 Å². The molecule has 2 aromatic rings. The lowest BCUT2D eigenvalue weighted by Crippen LogP contribution is -2.15. The average Bonchev–Trinajstić information content (AvgIpc) is 2.92. The van der Waals surface area contributed by atoms with E-state index in [0.717, 1.165) is 5.69 Å². The molecule has 0 aliphatic heterocycles. The van der Waals surface area contributed by atoms with E-state index in [1.54, 1.807) is 17.8 Å². The van der Waals surface area contributed by atoms with Gasteiger partial charge in [-0.05, 0) is 25.1 Å². The summed E-state index contributed by atoms with van der Waals surface area (Å²) in [5.74, 6) is -0.389. The lowest BCUT2D eigenvalue weighted by atomic mass is 10.1. The van der Waals surface area contributed by atoms with Gasteiger partial charge in [-0.2, -0.15) is 5.10 Å². The molecule has 0 bridgehead atoms. The van der Waals surface area contributed by atoms with Gasteiger partial charge in [-0.1, -0.05) is 0 Å². The number of hydrogen-bond donors (Lipinski definition) is 1. The predicted molar refractivity (Wildman–Crippen MR) is 86.8 cm³/mol. The van der Waals surface area contributed by atoms with Gasteiger partial charge in [0.1, 0.15) is 0 Å². The van der Waals surface area contributed by atoms with Gasteiger partial charge >= 0.3 is 5.97 Å². The minimum Gasteiger partial charge on any atom is -0.493 e. The van der Waals surface area contributed by atoms with Crippen LogP contribution in [0, 0.1) is 6.92 Å². The summed E-state index contributed by atoms with van der Waals surface area (Å²) in [5, 5.41) is 6.80. The number of esters is 1. The van der Waals surface area contributed by atoms with Crippen LogP contribution in [0.4, 0.5) is 5.69 Å². The van der Waals surface area contributed by atoms with E-state index in [1.165, 1.54) is 33.5 Å². The number of benzene rings is 1. The molecule has 0 aliphatic carbocycles. The second-order valence-electron chi connectivity index (χ2n) is 5.00. The van der Waals surface area contributed by atoms with E-state index in [-0.39, 0.29) is 16.9 Å². The molecular weight excluding hydrogens is 314 g/mol. The topological polar surface area (TPSA) is 91.7 Å². The van der Waals surface area contributed by atoms with E-state index >= 15 is 0 Å². The molecule has 0 fully saturated rings. The summed E-state index contributed by atoms with van der Waals surface area (Å²) in [6.45, 7) is 1.84. The monoisotopic (exact) mass is 333 g/mol. The molecule has 0 saturated carbocycles. The van der Waals surface area contributed by atoms with Crippen molar-refractivity contribution in [3.8, 4) is 11.5 Å². The van der Waals surface area contributed by atoms with Crippen LogP contribution in [0.25, 0.3) is 0 Å². The molecule has 0 unspecified atom stereocenters. The first-order valence-electron chi connectivity index (χ1n) is 7.07. The van der Waals surface area contributed by atoms with Crippen LogP contribution in [0.2, 0.25) is 0 Å². The van der Waals surface area contributed by atoms with Gasteiger partial charge in [-0.3, -0.25) is 9.48 Å². The zero-order valence-electron chi connectivity index (χ0n) is 14.2. The molecule has 0 atom stereocenters. The van der Waals surface area contributed by atoms with E-state index < -0.39 is 11.9 Å². The molecule has 128 valence electrons. The Morgan fingerprint density at radius 2 is 1.83 bits per heavy atom. The highest BCUT2D eigenvalue weighted by Crippen LogP contribution is 2.37. The fourth-order valence-electron chi connectivity index (χ4n) is 2.15. The Morgan fingerprint density at radius 1 is 1.12 bits per heavy atom. The van der Waals surface area contributed by atoms with Gasteiger partial charge < -0.3 is 19.5 Å². The molecule has 24 heavy (non-hydrogen) atoms. The van der Waals surface area contributed by atoms with Gasteiger partial charge in [0, 0.05) is 12.7 Å². The zero-order chi connectivity index (χ0) is 17.9. The summed E-state index contributed by atoms with van der Waals surface area (Å²) in [6, 6.07) is 4.59. The number of anilines is 1. The lowest BCUT2D eigenvalue weighted by molar-refractivity contribution is 0.0600. The molecule has 0 saturated heterocycles. The number of hydrogen-bond acceptors (Lipinski definition) is 6. The van der Waals surface area contributed by atoms with Gasteiger partial charge in [0.05, 0.1) is 32.6 Å².